The van der Waals surface area contributed by atoms with Crippen molar-refractivity contribution in [1.82, 2.24) is 0 Å². The molecule has 0 aromatic rings. The van der Waals surface area contributed by atoms with Gasteiger partial charge in [-0.05, 0) is 50.9 Å². The molecule has 0 saturated carbocycles. The number of hydrogen-bond donors (Lipinski definition) is 0. The van der Waals surface area contributed by atoms with E-state index in [0.717, 1.165) is 0 Å². The molecular formula is C4H3N3PS3+. The van der Waals surface area contributed by atoms with Crippen LogP contribution in [0.15, 0.2) is 14.3 Å². The molecule has 0 bridgehead atoms. The predicted molar refractivity (Wildman–Crippen MR) is 57.9 cm³/mol. The first kappa shape index (κ1) is 10.8. The molecule has 0 unspecified atom stereocenters. The van der Waals surface area contributed by atoms with Gasteiger partial charge in [-0.15, -0.1) is 0 Å². The second kappa shape index (κ2) is 5.48. The molecule has 0 rings (SSSR count). The minimum absolute atomic E-state index is 1.67. The van der Waals surface area contributed by atoms with Gasteiger partial charge in [-0.25, -0.2) is 0 Å². The molecular weight excluding hydrogens is 217 g/mol. The molecule has 3 nitrogen and oxygen atoms in total. The maximum atomic E-state index is 4.40. The van der Waals surface area contributed by atoms with E-state index in [1.54, 1.807) is 6.66 Å². The topological polar surface area (TPSA) is 37.1 Å². The highest BCUT2D eigenvalue weighted by atomic mass is 32.1. The van der Waals surface area contributed by atoms with Crippen molar-refractivity contribution >= 4 is 59.9 Å². The van der Waals surface area contributed by atoms with Crippen molar-refractivity contribution in [3.8, 4) is 0 Å². The first-order valence-electron chi connectivity index (χ1n) is 2.33. The smallest absolute Gasteiger partial charge is 0.0182 e. The van der Waals surface area contributed by atoms with Crippen LogP contribution in [0, 0.1) is 0 Å². The number of hydrogen-bond acceptors (Lipinski definition) is 6. The third kappa shape index (κ3) is 4.31. The minimum Gasteiger partial charge on any atom is -0.0182 e. The van der Waals surface area contributed by atoms with Crippen LogP contribution in [0.1, 0.15) is 0 Å². The second-order valence-corrected chi connectivity index (χ2v) is 4.33. The number of thiocarbonyl (C=S) groups is 3. The number of rotatable bonds is 3. The highest BCUT2D eigenvalue weighted by Gasteiger charge is 2.31. The van der Waals surface area contributed by atoms with E-state index in [9.17, 15) is 0 Å². The quantitative estimate of drug-likeness (QED) is 0.417. The lowest BCUT2D eigenvalue weighted by Gasteiger charge is -1.93. The lowest BCUT2D eigenvalue weighted by Crippen LogP contribution is -1.74. The fraction of sp³-hybridized carbons (Fsp3) is 0.250. The zero-order valence-electron chi connectivity index (χ0n) is 5.51. The molecule has 0 N–H and O–H groups in total. The summed E-state index contributed by atoms with van der Waals surface area (Å²) in [4.78, 5) is 0. The van der Waals surface area contributed by atoms with Gasteiger partial charge in [0.2, 0.25) is 0 Å². The van der Waals surface area contributed by atoms with Crippen LogP contribution in [-0.2, 0) is 0 Å². The summed E-state index contributed by atoms with van der Waals surface area (Å²) < 4.78 is 11.2. The molecule has 0 radical (unpaired) electrons. The van der Waals surface area contributed by atoms with Crippen molar-refractivity contribution in [2.75, 3.05) is 6.66 Å². The van der Waals surface area contributed by atoms with E-state index in [0.29, 0.717) is 0 Å². The summed E-state index contributed by atoms with van der Waals surface area (Å²) in [6.45, 7) is 1.67. The molecule has 0 aliphatic rings. The Bertz CT molecular complexity index is 237. The van der Waals surface area contributed by atoms with Crippen LogP contribution in [-0.4, -0.2) is 22.1 Å². The number of nitrogens with zero attached hydrogens (tertiary/aromatic N) is 3. The van der Waals surface area contributed by atoms with Gasteiger partial charge in [-0.3, -0.25) is 0 Å². The van der Waals surface area contributed by atoms with Crippen LogP contribution >= 0.6 is 44.4 Å². The van der Waals surface area contributed by atoms with E-state index in [-0.39, 0.29) is 0 Å². The zero-order valence-corrected chi connectivity index (χ0v) is 8.86. The van der Waals surface area contributed by atoms with Gasteiger partial charge in [0.05, 0.1) is 0 Å². The summed E-state index contributed by atoms with van der Waals surface area (Å²) in [5.74, 6) is 0. The monoisotopic (exact) mass is 220 g/mol. The third-order valence-corrected chi connectivity index (χ3v) is 2.81. The molecule has 0 amide bonds. The molecule has 0 saturated heterocycles. The zero-order chi connectivity index (χ0) is 8.74. The average Bonchev–Trinajstić information content (AvgIpc) is 1.88. The van der Waals surface area contributed by atoms with E-state index in [1.165, 1.54) is 0 Å². The fourth-order valence-corrected chi connectivity index (χ4v) is 2.29. The Labute approximate surface area is 80.8 Å². The van der Waals surface area contributed by atoms with Gasteiger partial charge in [0.25, 0.3) is 0 Å². The summed E-state index contributed by atoms with van der Waals surface area (Å²) >= 11 is 13.2. The summed E-state index contributed by atoms with van der Waals surface area (Å²) in [5, 5.41) is 6.53. The lowest BCUT2D eigenvalue weighted by molar-refractivity contribution is 1.60. The Morgan fingerprint density at radius 3 is 1.36 bits per heavy atom. The van der Waals surface area contributed by atoms with Gasteiger partial charge in [0.15, 0.2) is 0 Å². The predicted octanol–water partition coefficient (Wildman–Crippen LogP) is 2.69. The van der Waals surface area contributed by atoms with Crippen molar-refractivity contribution in [1.29, 1.82) is 0 Å². The minimum atomic E-state index is -2.24. The van der Waals surface area contributed by atoms with Crippen LogP contribution in [0.5, 0.6) is 0 Å². The van der Waals surface area contributed by atoms with Crippen molar-refractivity contribution in [2.45, 2.75) is 0 Å². The molecule has 0 atom stereocenters. The standard InChI is InChI=1S/C4H3N3PS3/c1-8(5-2-9,6-3-10)7-4-11/h1H3/q+1. The van der Waals surface area contributed by atoms with Gasteiger partial charge in [-0.1, -0.05) is 0 Å². The van der Waals surface area contributed by atoms with Gasteiger partial charge < -0.3 is 0 Å². The van der Waals surface area contributed by atoms with E-state index < -0.39 is 7.71 Å². The highest BCUT2D eigenvalue weighted by molar-refractivity contribution is 7.81. The molecule has 0 heterocycles. The van der Waals surface area contributed by atoms with Crippen LogP contribution in [0.25, 0.3) is 0 Å². The Hall–Kier alpha value is -0.170. The van der Waals surface area contributed by atoms with Gasteiger partial charge in [0, 0.05) is 0 Å². The fourth-order valence-electron chi connectivity index (χ4n) is 0.299. The lowest BCUT2D eigenvalue weighted by atomic mass is 11.7. The average molecular weight is 220 g/mol. The normalized spacial score (nSPS) is 12.8. The molecule has 0 aliphatic carbocycles. The highest BCUT2D eigenvalue weighted by Crippen LogP contribution is 2.58. The maximum Gasteiger partial charge on any atom is 0.394 e. The molecule has 0 fully saturated rings. The summed E-state index contributed by atoms with van der Waals surface area (Å²) in [7, 11) is -2.24. The molecule has 11 heavy (non-hydrogen) atoms. The molecule has 0 aromatic carbocycles. The van der Waals surface area contributed by atoms with Crippen LogP contribution in [0.3, 0.4) is 0 Å². The first-order valence-corrected chi connectivity index (χ1v) is 5.65. The Morgan fingerprint density at radius 1 is 0.909 bits per heavy atom. The Balaban J connectivity index is 4.94. The van der Waals surface area contributed by atoms with E-state index in [4.69, 9.17) is 0 Å². The summed E-state index contributed by atoms with van der Waals surface area (Å²) in [6.07, 6.45) is 0. The van der Waals surface area contributed by atoms with Gasteiger partial charge in [0.1, 0.15) is 22.1 Å². The van der Waals surface area contributed by atoms with Crippen molar-refractivity contribution in [2.24, 2.45) is 14.3 Å². The third-order valence-electron chi connectivity index (χ3n) is 0.691. The molecule has 0 aromatic heterocycles. The Kier molecular flexibility index (Phi) is 5.39. The van der Waals surface area contributed by atoms with Gasteiger partial charge in [-0.2, -0.15) is 0 Å². The van der Waals surface area contributed by atoms with E-state index in [1.807, 2.05) is 0 Å². The molecule has 56 valence electrons. The SMILES string of the molecule is C[P+](N=C=S)(N=C=S)N=C=S. The molecule has 0 aliphatic heterocycles. The van der Waals surface area contributed by atoms with Crippen LogP contribution in [0.4, 0.5) is 0 Å². The molecule has 7 heteroatoms. The molecule has 0 spiro atoms. The summed E-state index contributed by atoms with van der Waals surface area (Å²) in [6, 6.07) is 0. The Morgan fingerprint density at radius 2 is 1.18 bits per heavy atom. The first-order chi connectivity index (χ1) is 5.18. The second-order valence-electron chi connectivity index (χ2n) is 1.44. The van der Waals surface area contributed by atoms with Crippen LogP contribution in [0.2, 0.25) is 0 Å². The van der Waals surface area contributed by atoms with Crippen molar-refractivity contribution in [3.63, 3.8) is 0 Å². The number of isothiocyanates is 3. The maximum absolute atomic E-state index is 4.40. The largest absolute Gasteiger partial charge is 0.394 e. The van der Waals surface area contributed by atoms with E-state index >= 15 is 0 Å². The van der Waals surface area contributed by atoms with E-state index in [2.05, 4.69) is 66.4 Å². The summed E-state index contributed by atoms with van der Waals surface area (Å²) in [5.41, 5.74) is 0. The van der Waals surface area contributed by atoms with Gasteiger partial charge >= 0.3 is 7.71 Å². The van der Waals surface area contributed by atoms with Crippen molar-refractivity contribution < 1.29 is 0 Å². The van der Waals surface area contributed by atoms with Crippen LogP contribution < -0.4 is 0 Å². The van der Waals surface area contributed by atoms with Crippen molar-refractivity contribution in [3.05, 3.63) is 0 Å².